The average Bonchev–Trinajstić information content (AvgIpc) is 2.82. The van der Waals surface area contributed by atoms with Gasteiger partial charge in [-0.2, -0.15) is 0 Å². The van der Waals surface area contributed by atoms with Crippen molar-refractivity contribution in [1.29, 1.82) is 0 Å². The van der Waals surface area contributed by atoms with E-state index < -0.39 is 0 Å². The van der Waals surface area contributed by atoms with Crippen molar-refractivity contribution in [2.45, 2.75) is 20.4 Å². The normalized spacial score (nSPS) is 11.2. The molecule has 0 aliphatic rings. The van der Waals surface area contributed by atoms with E-state index in [1.807, 2.05) is 29.9 Å². The van der Waals surface area contributed by atoms with Gasteiger partial charge in [0.1, 0.15) is 11.5 Å². The minimum Gasteiger partial charge on any atom is -0.313 e. The molecule has 0 amide bonds. The summed E-state index contributed by atoms with van der Waals surface area (Å²) >= 11 is 0. The highest BCUT2D eigenvalue weighted by molar-refractivity contribution is 5.75. The molecule has 0 unspecified atom stereocenters. The fourth-order valence-electron chi connectivity index (χ4n) is 2.35. The van der Waals surface area contributed by atoms with Gasteiger partial charge in [-0.15, -0.1) is 0 Å². The molecule has 0 spiro atoms. The number of benzene rings is 1. The van der Waals surface area contributed by atoms with Crippen molar-refractivity contribution in [3.63, 3.8) is 0 Å². The van der Waals surface area contributed by atoms with Gasteiger partial charge in [0.2, 0.25) is 0 Å². The summed E-state index contributed by atoms with van der Waals surface area (Å²) in [7, 11) is 1.92. The molecule has 0 fully saturated rings. The summed E-state index contributed by atoms with van der Waals surface area (Å²) in [6.45, 7) is 4.96. The molecule has 0 aliphatic carbocycles. The number of rotatable bonds is 3. The smallest absolute Gasteiger partial charge is 0.164 e. The van der Waals surface area contributed by atoms with E-state index in [0.29, 0.717) is 0 Å². The first-order valence-electron chi connectivity index (χ1n) is 6.75. The average molecular weight is 266 g/mol. The van der Waals surface area contributed by atoms with Crippen LogP contribution in [-0.2, 0) is 6.54 Å². The van der Waals surface area contributed by atoms with Crippen LogP contribution in [0.2, 0.25) is 0 Å². The van der Waals surface area contributed by atoms with Gasteiger partial charge < -0.3 is 5.32 Å². The van der Waals surface area contributed by atoms with E-state index in [1.54, 1.807) is 0 Å². The Labute approximate surface area is 118 Å². The minimum atomic E-state index is 0.720. The van der Waals surface area contributed by atoms with Crippen LogP contribution >= 0.6 is 0 Å². The summed E-state index contributed by atoms with van der Waals surface area (Å²) in [6, 6.07) is 8.35. The number of aromatic nitrogens is 3. The Hall–Kier alpha value is -2.20. The van der Waals surface area contributed by atoms with Crippen LogP contribution in [0.25, 0.3) is 16.9 Å². The lowest BCUT2D eigenvalue weighted by atomic mass is 10.0. The van der Waals surface area contributed by atoms with Gasteiger partial charge in [0.05, 0.1) is 6.54 Å². The molecular formula is C16H18N4. The SMILES string of the molecule is CNCc1nc(-c2ccc(C)c(C)c2)c2ncccn12. The third-order valence-electron chi connectivity index (χ3n) is 3.59. The molecule has 2 aromatic heterocycles. The van der Waals surface area contributed by atoms with Gasteiger partial charge in [0, 0.05) is 18.0 Å². The summed E-state index contributed by atoms with van der Waals surface area (Å²) in [6.07, 6.45) is 3.82. The molecule has 0 atom stereocenters. The zero-order valence-corrected chi connectivity index (χ0v) is 12.0. The summed E-state index contributed by atoms with van der Waals surface area (Å²) in [4.78, 5) is 9.24. The molecule has 3 rings (SSSR count). The quantitative estimate of drug-likeness (QED) is 0.792. The van der Waals surface area contributed by atoms with Crippen molar-refractivity contribution in [3.8, 4) is 11.3 Å². The van der Waals surface area contributed by atoms with Crippen LogP contribution < -0.4 is 5.32 Å². The monoisotopic (exact) mass is 266 g/mol. The zero-order chi connectivity index (χ0) is 14.1. The highest BCUT2D eigenvalue weighted by atomic mass is 15.1. The van der Waals surface area contributed by atoms with Crippen LogP contribution in [0.5, 0.6) is 0 Å². The summed E-state index contributed by atoms with van der Waals surface area (Å²) in [5.74, 6) is 0.976. The highest BCUT2D eigenvalue weighted by Gasteiger charge is 2.13. The zero-order valence-electron chi connectivity index (χ0n) is 12.0. The van der Waals surface area contributed by atoms with Gasteiger partial charge >= 0.3 is 0 Å². The molecule has 2 heterocycles. The second-order valence-electron chi connectivity index (χ2n) is 5.02. The molecule has 1 N–H and O–H groups in total. The lowest BCUT2D eigenvalue weighted by Gasteiger charge is -2.03. The molecule has 102 valence electrons. The number of aryl methyl sites for hydroxylation is 2. The van der Waals surface area contributed by atoms with Gasteiger partial charge in [0.15, 0.2) is 5.65 Å². The number of nitrogens with one attached hydrogen (secondary N) is 1. The Morgan fingerprint density at radius 2 is 2.05 bits per heavy atom. The Morgan fingerprint density at radius 3 is 2.80 bits per heavy atom. The Bertz CT molecular complexity index is 758. The van der Waals surface area contributed by atoms with Crippen molar-refractivity contribution < 1.29 is 0 Å². The topological polar surface area (TPSA) is 42.2 Å². The molecule has 0 saturated carbocycles. The molecule has 4 heteroatoms. The molecule has 0 bridgehead atoms. The van der Waals surface area contributed by atoms with Gasteiger partial charge in [-0.1, -0.05) is 12.1 Å². The lowest BCUT2D eigenvalue weighted by Crippen LogP contribution is -2.08. The first-order valence-corrected chi connectivity index (χ1v) is 6.75. The predicted octanol–water partition coefficient (Wildman–Crippen LogP) is 2.73. The molecule has 0 radical (unpaired) electrons. The van der Waals surface area contributed by atoms with Crippen molar-refractivity contribution in [1.82, 2.24) is 19.7 Å². The van der Waals surface area contributed by atoms with E-state index in [-0.39, 0.29) is 0 Å². The standard InChI is InChI=1S/C16H18N4/c1-11-5-6-13(9-12(11)2)15-16-18-7-4-8-20(16)14(19-15)10-17-3/h4-9,17H,10H2,1-3H3. The van der Waals surface area contributed by atoms with Crippen molar-refractivity contribution in [3.05, 3.63) is 53.6 Å². The third kappa shape index (κ3) is 2.08. The first-order chi connectivity index (χ1) is 9.70. The van der Waals surface area contributed by atoms with E-state index in [0.717, 1.165) is 29.3 Å². The van der Waals surface area contributed by atoms with Crippen LogP contribution in [0, 0.1) is 13.8 Å². The number of nitrogens with zero attached hydrogens (tertiary/aromatic N) is 3. The maximum atomic E-state index is 4.76. The molecule has 0 saturated heterocycles. The van der Waals surface area contributed by atoms with E-state index in [1.165, 1.54) is 11.1 Å². The van der Waals surface area contributed by atoms with Crippen molar-refractivity contribution in [2.24, 2.45) is 0 Å². The molecule has 0 aliphatic heterocycles. The van der Waals surface area contributed by atoms with E-state index in [4.69, 9.17) is 4.98 Å². The first kappa shape index (κ1) is 12.8. The fraction of sp³-hybridized carbons (Fsp3) is 0.250. The van der Waals surface area contributed by atoms with Crippen LogP contribution in [0.1, 0.15) is 17.0 Å². The Kier molecular flexibility index (Phi) is 3.24. The largest absolute Gasteiger partial charge is 0.313 e. The molecule has 4 nitrogen and oxygen atoms in total. The van der Waals surface area contributed by atoms with E-state index in [9.17, 15) is 0 Å². The number of fused-ring (bicyclic) bond motifs is 1. The van der Waals surface area contributed by atoms with Gasteiger partial charge in [0.25, 0.3) is 0 Å². The molecule has 1 aromatic carbocycles. The Morgan fingerprint density at radius 1 is 1.20 bits per heavy atom. The summed E-state index contributed by atoms with van der Waals surface area (Å²) in [5.41, 5.74) is 5.53. The van der Waals surface area contributed by atoms with Crippen LogP contribution in [-0.4, -0.2) is 21.4 Å². The summed E-state index contributed by atoms with van der Waals surface area (Å²) in [5, 5.41) is 3.15. The minimum absolute atomic E-state index is 0.720. The second-order valence-corrected chi connectivity index (χ2v) is 5.02. The van der Waals surface area contributed by atoms with Crippen LogP contribution in [0.3, 0.4) is 0 Å². The van der Waals surface area contributed by atoms with E-state index in [2.05, 4.69) is 42.3 Å². The number of hydrogen-bond acceptors (Lipinski definition) is 3. The molecule has 3 aromatic rings. The van der Waals surface area contributed by atoms with Crippen LogP contribution in [0.15, 0.2) is 36.7 Å². The van der Waals surface area contributed by atoms with Gasteiger partial charge in [-0.3, -0.25) is 4.40 Å². The molecular weight excluding hydrogens is 248 g/mol. The second kappa shape index (κ2) is 5.06. The fourth-order valence-corrected chi connectivity index (χ4v) is 2.35. The van der Waals surface area contributed by atoms with Gasteiger partial charge in [-0.05, 0) is 44.2 Å². The molecule has 20 heavy (non-hydrogen) atoms. The predicted molar refractivity (Wildman–Crippen MR) is 80.7 cm³/mol. The Balaban J connectivity index is 2.22. The van der Waals surface area contributed by atoms with E-state index >= 15 is 0 Å². The van der Waals surface area contributed by atoms with Gasteiger partial charge in [-0.25, -0.2) is 9.97 Å². The number of imidazole rings is 1. The third-order valence-corrected chi connectivity index (χ3v) is 3.59. The van der Waals surface area contributed by atoms with Crippen molar-refractivity contribution in [2.75, 3.05) is 7.05 Å². The van der Waals surface area contributed by atoms with Crippen molar-refractivity contribution >= 4 is 5.65 Å². The maximum Gasteiger partial charge on any atom is 0.164 e. The number of hydrogen-bond donors (Lipinski definition) is 1. The van der Waals surface area contributed by atoms with Crippen LogP contribution in [0.4, 0.5) is 0 Å². The summed E-state index contributed by atoms with van der Waals surface area (Å²) < 4.78 is 2.04. The lowest BCUT2D eigenvalue weighted by molar-refractivity contribution is 0.754. The maximum absolute atomic E-state index is 4.76. The highest BCUT2D eigenvalue weighted by Crippen LogP contribution is 2.25.